The number of hydrogen-bond acceptors (Lipinski definition) is 2. The van der Waals surface area contributed by atoms with Crippen molar-refractivity contribution in [2.45, 2.75) is 58.7 Å². The molecule has 1 fully saturated rings. The van der Waals surface area contributed by atoms with Gasteiger partial charge in [0, 0.05) is 0 Å². The normalized spacial score (nSPS) is 20.0. The predicted octanol–water partition coefficient (Wildman–Crippen LogP) is 4.26. The van der Waals surface area contributed by atoms with Crippen molar-refractivity contribution in [1.82, 2.24) is 0 Å². The zero-order chi connectivity index (χ0) is 16.1. The van der Waals surface area contributed by atoms with E-state index in [1.54, 1.807) is 0 Å². The Labute approximate surface area is 134 Å². The summed E-state index contributed by atoms with van der Waals surface area (Å²) in [6.45, 7) is 12.9. The quantitative estimate of drug-likeness (QED) is 0.771. The predicted molar refractivity (Wildman–Crippen MR) is 93.8 cm³/mol. The minimum atomic E-state index is -0.317. The third-order valence-corrected chi connectivity index (χ3v) is 5.12. The molecule has 1 saturated heterocycles. The standard InChI is InChI=1S/C19H25BO2/c1-13(2)15-12-11-14-9-7-8-10-16(14)17(15)20-21-18(3,4)19(5,6)22-20/h7-13H,1-6H3. The highest BCUT2D eigenvalue weighted by molar-refractivity contribution is 6.65. The lowest BCUT2D eigenvalue weighted by atomic mass is 9.71. The molecule has 22 heavy (non-hydrogen) atoms. The van der Waals surface area contributed by atoms with Crippen molar-refractivity contribution in [2.24, 2.45) is 0 Å². The molecule has 0 bridgehead atoms. The molecule has 3 rings (SSSR count). The fourth-order valence-electron chi connectivity index (χ4n) is 3.04. The first kappa shape index (κ1) is 15.6. The zero-order valence-electron chi connectivity index (χ0n) is 14.4. The molecule has 0 amide bonds. The molecule has 0 spiro atoms. The molecule has 2 nitrogen and oxygen atoms in total. The summed E-state index contributed by atoms with van der Waals surface area (Å²) >= 11 is 0. The maximum absolute atomic E-state index is 6.33. The molecule has 1 aliphatic heterocycles. The molecule has 0 aliphatic carbocycles. The van der Waals surface area contributed by atoms with Crippen LogP contribution in [0.5, 0.6) is 0 Å². The molecule has 0 saturated carbocycles. The monoisotopic (exact) mass is 296 g/mol. The summed E-state index contributed by atoms with van der Waals surface area (Å²) in [5.74, 6) is 0.429. The summed E-state index contributed by atoms with van der Waals surface area (Å²) in [5.41, 5.74) is 1.86. The van der Waals surface area contributed by atoms with Gasteiger partial charge in [-0.3, -0.25) is 0 Å². The molecule has 1 heterocycles. The van der Waals surface area contributed by atoms with E-state index in [4.69, 9.17) is 9.31 Å². The highest BCUT2D eigenvalue weighted by Gasteiger charge is 2.52. The third kappa shape index (κ3) is 2.37. The van der Waals surface area contributed by atoms with Gasteiger partial charge in [-0.25, -0.2) is 0 Å². The van der Waals surface area contributed by atoms with Crippen molar-refractivity contribution in [3.8, 4) is 0 Å². The summed E-state index contributed by atoms with van der Waals surface area (Å²) in [6, 6.07) is 12.9. The van der Waals surface area contributed by atoms with Crippen molar-refractivity contribution in [3.63, 3.8) is 0 Å². The van der Waals surface area contributed by atoms with Crippen molar-refractivity contribution in [1.29, 1.82) is 0 Å². The molecular weight excluding hydrogens is 271 g/mol. The summed E-state index contributed by atoms with van der Waals surface area (Å²) in [4.78, 5) is 0. The average molecular weight is 296 g/mol. The van der Waals surface area contributed by atoms with E-state index in [2.05, 4.69) is 77.9 Å². The molecule has 3 heteroatoms. The van der Waals surface area contributed by atoms with Gasteiger partial charge in [0.15, 0.2) is 0 Å². The number of hydrogen-bond donors (Lipinski definition) is 0. The Morgan fingerprint density at radius 1 is 0.864 bits per heavy atom. The summed E-state index contributed by atoms with van der Waals surface area (Å²) < 4.78 is 12.7. The molecule has 2 aromatic carbocycles. The molecule has 0 N–H and O–H groups in total. The van der Waals surface area contributed by atoms with Gasteiger partial charge in [0.1, 0.15) is 0 Å². The fraction of sp³-hybridized carbons (Fsp3) is 0.474. The Balaban J connectivity index is 2.19. The van der Waals surface area contributed by atoms with Crippen LogP contribution in [0.15, 0.2) is 36.4 Å². The van der Waals surface area contributed by atoms with Crippen LogP contribution in [0.1, 0.15) is 53.0 Å². The maximum atomic E-state index is 6.33. The summed E-state index contributed by atoms with van der Waals surface area (Å²) in [5, 5.41) is 2.46. The lowest BCUT2D eigenvalue weighted by molar-refractivity contribution is 0.00578. The number of rotatable bonds is 2. The summed E-state index contributed by atoms with van der Waals surface area (Å²) in [6.07, 6.45) is 0. The highest BCUT2D eigenvalue weighted by Crippen LogP contribution is 2.37. The Morgan fingerprint density at radius 2 is 1.45 bits per heavy atom. The Kier molecular flexibility index (Phi) is 3.62. The van der Waals surface area contributed by atoms with Crippen LogP contribution in [0.2, 0.25) is 0 Å². The SMILES string of the molecule is CC(C)c1ccc2ccccc2c1B1OC(C)(C)C(C)(C)O1. The second kappa shape index (κ2) is 5.11. The summed E-state index contributed by atoms with van der Waals surface area (Å²) in [7, 11) is -0.312. The molecule has 0 atom stereocenters. The average Bonchev–Trinajstić information content (AvgIpc) is 2.65. The van der Waals surface area contributed by atoms with Crippen LogP contribution in [0.25, 0.3) is 10.8 Å². The first-order chi connectivity index (χ1) is 10.2. The van der Waals surface area contributed by atoms with Crippen LogP contribution in [0.3, 0.4) is 0 Å². The van der Waals surface area contributed by atoms with Crippen LogP contribution < -0.4 is 5.46 Å². The van der Waals surface area contributed by atoms with Crippen molar-refractivity contribution in [3.05, 3.63) is 42.0 Å². The van der Waals surface area contributed by atoms with E-state index < -0.39 is 0 Å². The molecule has 2 aromatic rings. The molecule has 0 unspecified atom stereocenters. The van der Waals surface area contributed by atoms with Crippen LogP contribution in [0.4, 0.5) is 0 Å². The minimum Gasteiger partial charge on any atom is -0.399 e. The molecular formula is C19H25BO2. The first-order valence-corrected chi connectivity index (χ1v) is 8.10. The van der Waals surface area contributed by atoms with Crippen LogP contribution in [0, 0.1) is 0 Å². The first-order valence-electron chi connectivity index (χ1n) is 8.10. The molecule has 116 valence electrons. The number of benzene rings is 2. The van der Waals surface area contributed by atoms with E-state index in [1.165, 1.54) is 21.8 Å². The van der Waals surface area contributed by atoms with Crippen molar-refractivity contribution < 1.29 is 9.31 Å². The van der Waals surface area contributed by atoms with E-state index in [9.17, 15) is 0 Å². The van der Waals surface area contributed by atoms with E-state index in [-0.39, 0.29) is 18.3 Å². The van der Waals surface area contributed by atoms with E-state index in [0.29, 0.717) is 5.92 Å². The second-order valence-electron chi connectivity index (χ2n) is 7.53. The third-order valence-electron chi connectivity index (χ3n) is 5.12. The van der Waals surface area contributed by atoms with Crippen molar-refractivity contribution >= 4 is 23.4 Å². The smallest absolute Gasteiger partial charge is 0.399 e. The van der Waals surface area contributed by atoms with Crippen LogP contribution >= 0.6 is 0 Å². The lowest BCUT2D eigenvalue weighted by Crippen LogP contribution is -2.41. The number of fused-ring (bicyclic) bond motifs is 1. The topological polar surface area (TPSA) is 18.5 Å². The van der Waals surface area contributed by atoms with Crippen molar-refractivity contribution in [2.75, 3.05) is 0 Å². The van der Waals surface area contributed by atoms with Gasteiger partial charge in [-0.2, -0.15) is 0 Å². The Hall–Kier alpha value is -1.32. The Morgan fingerprint density at radius 3 is 2.05 bits per heavy atom. The maximum Gasteiger partial charge on any atom is 0.495 e. The van der Waals surface area contributed by atoms with E-state index >= 15 is 0 Å². The van der Waals surface area contributed by atoms with Gasteiger partial charge in [-0.15, -0.1) is 0 Å². The molecule has 0 radical (unpaired) electrons. The Bertz CT molecular complexity index is 688. The lowest BCUT2D eigenvalue weighted by Gasteiger charge is -2.32. The van der Waals surface area contributed by atoms with E-state index in [0.717, 1.165) is 0 Å². The minimum absolute atomic E-state index is 0.312. The zero-order valence-corrected chi connectivity index (χ0v) is 14.4. The van der Waals surface area contributed by atoms with Crippen LogP contribution in [-0.2, 0) is 9.31 Å². The van der Waals surface area contributed by atoms with Crippen LogP contribution in [-0.4, -0.2) is 18.3 Å². The molecule has 0 aromatic heterocycles. The van der Waals surface area contributed by atoms with Gasteiger partial charge in [-0.1, -0.05) is 50.2 Å². The second-order valence-corrected chi connectivity index (χ2v) is 7.53. The largest absolute Gasteiger partial charge is 0.495 e. The van der Waals surface area contributed by atoms with Gasteiger partial charge in [0.25, 0.3) is 0 Å². The van der Waals surface area contributed by atoms with Gasteiger partial charge in [0.05, 0.1) is 11.2 Å². The highest BCUT2D eigenvalue weighted by atomic mass is 16.7. The molecule has 1 aliphatic rings. The fourth-order valence-corrected chi connectivity index (χ4v) is 3.04. The van der Waals surface area contributed by atoms with E-state index in [1.807, 2.05) is 0 Å². The van der Waals surface area contributed by atoms with Gasteiger partial charge in [0.2, 0.25) is 0 Å². The van der Waals surface area contributed by atoms with Gasteiger partial charge < -0.3 is 9.31 Å². The van der Waals surface area contributed by atoms with Gasteiger partial charge in [-0.05, 0) is 55.4 Å². The van der Waals surface area contributed by atoms with Gasteiger partial charge >= 0.3 is 7.12 Å².